The van der Waals surface area contributed by atoms with Crippen molar-refractivity contribution in [2.24, 2.45) is 0 Å². The molecule has 0 radical (unpaired) electrons. The van der Waals surface area contributed by atoms with Crippen LogP contribution in [-0.2, 0) is 17.4 Å². The van der Waals surface area contributed by atoms with Gasteiger partial charge in [-0.1, -0.05) is 12.1 Å². The first-order valence-electron chi connectivity index (χ1n) is 9.12. The fraction of sp³-hybridized carbons (Fsp3) is 0.130. The lowest BCUT2D eigenvalue weighted by atomic mass is 10.1. The number of carbonyl (C=O) groups is 2. The Morgan fingerprint density at radius 2 is 1.42 bits per heavy atom. The zero-order valence-corrected chi connectivity index (χ0v) is 16.1. The molecule has 0 aliphatic carbocycles. The van der Waals surface area contributed by atoms with Gasteiger partial charge in [0.1, 0.15) is 23.9 Å². The molecule has 1 N–H and O–H groups in total. The van der Waals surface area contributed by atoms with Crippen molar-refractivity contribution >= 4 is 11.8 Å². The monoisotopic (exact) mass is 430 g/mol. The average Bonchev–Trinajstić information content (AvgIpc) is 2.73. The van der Waals surface area contributed by atoms with Crippen LogP contribution < -0.4 is 9.47 Å². The molecule has 3 rings (SSSR count). The van der Waals surface area contributed by atoms with Crippen LogP contribution in [0.15, 0.2) is 72.8 Å². The minimum Gasteiger partial charge on any atom is -0.486 e. The van der Waals surface area contributed by atoms with E-state index in [0.717, 1.165) is 12.1 Å². The Bertz CT molecular complexity index is 1060. The number of rotatable bonds is 8. The Balaban J connectivity index is 1.52. The third-order valence-corrected chi connectivity index (χ3v) is 4.22. The molecule has 0 spiro atoms. The molecule has 31 heavy (non-hydrogen) atoms. The molecular formula is C23H17F3O5. The third kappa shape index (κ3) is 6.33. The lowest BCUT2D eigenvalue weighted by Crippen LogP contribution is -2.14. The van der Waals surface area contributed by atoms with Gasteiger partial charge in [-0.25, -0.2) is 4.79 Å². The maximum Gasteiger partial charge on any atom is 0.416 e. The molecule has 0 saturated carbocycles. The van der Waals surface area contributed by atoms with E-state index in [-0.39, 0.29) is 30.1 Å². The summed E-state index contributed by atoms with van der Waals surface area (Å²) in [6.07, 6.45) is -4.37. The summed E-state index contributed by atoms with van der Waals surface area (Å²) < 4.78 is 48.7. The van der Waals surface area contributed by atoms with Gasteiger partial charge in [-0.05, 0) is 66.2 Å². The highest BCUT2D eigenvalue weighted by molar-refractivity contribution is 5.88. The minimum absolute atomic E-state index is 0.0379. The second-order valence-corrected chi connectivity index (χ2v) is 6.61. The molecule has 0 aliphatic rings. The number of alkyl halides is 3. The highest BCUT2D eigenvalue weighted by Gasteiger charge is 2.30. The van der Waals surface area contributed by atoms with Gasteiger partial charge in [-0.2, -0.15) is 13.2 Å². The van der Waals surface area contributed by atoms with Gasteiger partial charge >= 0.3 is 12.1 Å². The fourth-order valence-corrected chi connectivity index (χ4v) is 2.71. The molecule has 0 atom stereocenters. The first kappa shape index (κ1) is 21.9. The van der Waals surface area contributed by atoms with Gasteiger partial charge < -0.3 is 14.6 Å². The fourth-order valence-electron chi connectivity index (χ4n) is 2.71. The van der Waals surface area contributed by atoms with Gasteiger partial charge in [0.2, 0.25) is 0 Å². The minimum atomic E-state index is -4.41. The molecule has 160 valence electrons. The molecule has 0 aromatic heterocycles. The standard InChI is InChI=1S/C23H17F3O5/c24-23(25,26)17-4-6-20(7-5-17)31-21-10-8-19(9-11-21)30-14-18(27)13-15-2-1-3-16(12-15)22(28)29/h1-12H,13-14H2,(H,28,29). The highest BCUT2D eigenvalue weighted by Crippen LogP contribution is 2.31. The van der Waals surface area contributed by atoms with Gasteiger partial charge in [0, 0.05) is 6.42 Å². The summed E-state index contributed by atoms with van der Waals surface area (Å²) >= 11 is 0. The van der Waals surface area contributed by atoms with Crippen LogP contribution in [0, 0.1) is 0 Å². The van der Waals surface area contributed by atoms with Crippen molar-refractivity contribution in [3.05, 3.63) is 89.5 Å². The summed E-state index contributed by atoms with van der Waals surface area (Å²) in [6.45, 7) is -0.198. The van der Waals surface area contributed by atoms with E-state index in [0.29, 0.717) is 17.1 Å². The van der Waals surface area contributed by atoms with E-state index in [1.165, 1.54) is 24.3 Å². The van der Waals surface area contributed by atoms with Crippen LogP contribution in [0.1, 0.15) is 21.5 Å². The SMILES string of the molecule is O=C(COc1ccc(Oc2ccc(C(F)(F)F)cc2)cc1)Cc1cccc(C(=O)O)c1. The molecule has 0 saturated heterocycles. The van der Waals surface area contributed by atoms with Gasteiger partial charge in [-0.3, -0.25) is 4.79 Å². The van der Waals surface area contributed by atoms with E-state index in [2.05, 4.69) is 0 Å². The molecule has 0 heterocycles. The van der Waals surface area contributed by atoms with Gasteiger partial charge in [0.05, 0.1) is 11.1 Å². The van der Waals surface area contributed by atoms with Crippen LogP contribution in [0.3, 0.4) is 0 Å². The third-order valence-electron chi connectivity index (χ3n) is 4.22. The predicted octanol–water partition coefficient (Wildman–Crippen LogP) is 5.39. The molecule has 0 bridgehead atoms. The van der Waals surface area contributed by atoms with E-state index < -0.39 is 17.7 Å². The number of ketones is 1. The van der Waals surface area contributed by atoms with Crippen molar-refractivity contribution in [3.8, 4) is 17.2 Å². The van der Waals surface area contributed by atoms with E-state index in [9.17, 15) is 22.8 Å². The quantitative estimate of drug-likeness (QED) is 0.519. The van der Waals surface area contributed by atoms with Crippen LogP contribution in [0.5, 0.6) is 17.2 Å². The van der Waals surface area contributed by atoms with E-state index in [1.807, 2.05) is 0 Å². The second kappa shape index (κ2) is 9.34. The number of carboxylic acids is 1. The molecule has 0 aliphatic heterocycles. The van der Waals surface area contributed by atoms with E-state index >= 15 is 0 Å². The normalized spacial score (nSPS) is 11.1. The number of halogens is 3. The smallest absolute Gasteiger partial charge is 0.416 e. The number of Topliss-reactive ketones (excluding diaryl/α,β-unsaturated/α-hetero) is 1. The van der Waals surface area contributed by atoms with Crippen molar-refractivity contribution in [2.75, 3.05) is 6.61 Å². The van der Waals surface area contributed by atoms with Crippen LogP contribution in [0.2, 0.25) is 0 Å². The Morgan fingerprint density at radius 1 is 0.839 bits per heavy atom. The van der Waals surface area contributed by atoms with Crippen molar-refractivity contribution < 1.29 is 37.3 Å². The van der Waals surface area contributed by atoms with Crippen LogP contribution in [0.25, 0.3) is 0 Å². The Kier molecular flexibility index (Phi) is 6.59. The molecular weight excluding hydrogens is 413 g/mol. The Hall–Kier alpha value is -3.81. The van der Waals surface area contributed by atoms with Crippen LogP contribution in [0.4, 0.5) is 13.2 Å². The van der Waals surface area contributed by atoms with Crippen LogP contribution in [-0.4, -0.2) is 23.5 Å². The van der Waals surface area contributed by atoms with Crippen LogP contribution >= 0.6 is 0 Å². The van der Waals surface area contributed by atoms with E-state index in [1.54, 1.807) is 36.4 Å². The lowest BCUT2D eigenvalue weighted by Gasteiger charge is -2.10. The molecule has 3 aromatic carbocycles. The number of ether oxygens (including phenoxy) is 2. The van der Waals surface area contributed by atoms with Crippen molar-refractivity contribution in [1.82, 2.24) is 0 Å². The number of carbonyl (C=O) groups excluding carboxylic acids is 1. The summed E-state index contributed by atoms with van der Waals surface area (Å²) in [5.41, 5.74) is -0.0772. The number of benzene rings is 3. The maximum atomic E-state index is 12.6. The topological polar surface area (TPSA) is 72.8 Å². The largest absolute Gasteiger partial charge is 0.486 e. The number of aromatic carboxylic acids is 1. The molecule has 0 fully saturated rings. The molecule has 3 aromatic rings. The summed E-state index contributed by atoms with van der Waals surface area (Å²) in [5.74, 6) is -0.242. The molecule has 0 unspecified atom stereocenters. The number of hydrogen-bond donors (Lipinski definition) is 1. The van der Waals surface area contributed by atoms with Gasteiger partial charge in [-0.15, -0.1) is 0 Å². The van der Waals surface area contributed by atoms with Crippen molar-refractivity contribution in [2.45, 2.75) is 12.6 Å². The van der Waals surface area contributed by atoms with Crippen molar-refractivity contribution in [3.63, 3.8) is 0 Å². The van der Waals surface area contributed by atoms with E-state index in [4.69, 9.17) is 14.6 Å². The summed E-state index contributed by atoms with van der Waals surface area (Å²) in [5, 5.41) is 8.99. The van der Waals surface area contributed by atoms with Crippen molar-refractivity contribution in [1.29, 1.82) is 0 Å². The molecule has 5 nitrogen and oxygen atoms in total. The summed E-state index contributed by atoms with van der Waals surface area (Å²) in [6, 6.07) is 16.7. The summed E-state index contributed by atoms with van der Waals surface area (Å²) in [7, 11) is 0. The van der Waals surface area contributed by atoms with Gasteiger partial charge in [0.15, 0.2) is 5.78 Å². The molecule has 8 heteroatoms. The number of hydrogen-bond acceptors (Lipinski definition) is 4. The second-order valence-electron chi connectivity index (χ2n) is 6.61. The maximum absolute atomic E-state index is 12.6. The number of carboxylic acid groups (broad SMARTS) is 1. The lowest BCUT2D eigenvalue weighted by molar-refractivity contribution is -0.137. The van der Waals surface area contributed by atoms with Gasteiger partial charge in [0.25, 0.3) is 0 Å². The first-order chi connectivity index (χ1) is 14.7. The predicted molar refractivity (Wildman–Crippen MR) is 106 cm³/mol. The average molecular weight is 430 g/mol. The Morgan fingerprint density at radius 3 is 2.00 bits per heavy atom. The zero-order valence-electron chi connectivity index (χ0n) is 16.1. The first-order valence-corrected chi connectivity index (χ1v) is 9.12. The highest BCUT2D eigenvalue weighted by atomic mass is 19.4. The Labute approximate surface area is 175 Å². The summed E-state index contributed by atoms with van der Waals surface area (Å²) in [4.78, 5) is 23.1. The molecule has 0 amide bonds. The zero-order chi connectivity index (χ0) is 22.4.